The summed E-state index contributed by atoms with van der Waals surface area (Å²) in [7, 11) is 0. The van der Waals surface area contributed by atoms with Crippen molar-refractivity contribution in [2.75, 3.05) is 11.9 Å². The first-order valence-corrected chi connectivity index (χ1v) is 6.33. The standard InChI is InChI=1S/C13H16N6/c1-11-7-12(19-13(8-11)16-9-17-19)15-3-2-5-18-6-4-14-10-18/h4,6-10,15H,2-3,5H2,1H3. The number of hydrogen-bond acceptors (Lipinski definition) is 4. The molecule has 3 heterocycles. The summed E-state index contributed by atoms with van der Waals surface area (Å²) in [5.74, 6) is 0.984. The molecule has 0 bridgehead atoms. The normalized spacial score (nSPS) is 11.0. The molecule has 0 saturated heterocycles. The molecule has 0 aliphatic rings. The molecule has 98 valence electrons. The third-order valence-corrected chi connectivity index (χ3v) is 2.98. The first-order chi connectivity index (χ1) is 9.33. The number of nitrogens with one attached hydrogen (secondary N) is 1. The Kier molecular flexibility index (Phi) is 3.14. The van der Waals surface area contributed by atoms with Crippen LogP contribution in [0.1, 0.15) is 12.0 Å². The minimum Gasteiger partial charge on any atom is -0.370 e. The zero-order valence-corrected chi connectivity index (χ0v) is 10.8. The van der Waals surface area contributed by atoms with E-state index in [0.29, 0.717) is 0 Å². The summed E-state index contributed by atoms with van der Waals surface area (Å²) in [5.41, 5.74) is 2.05. The Bertz CT molecular complexity index is 655. The lowest BCUT2D eigenvalue weighted by atomic mass is 10.3. The maximum absolute atomic E-state index is 4.22. The van der Waals surface area contributed by atoms with Crippen LogP contribution in [0.25, 0.3) is 5.65 Å². The molecule has 1 N–H and O–H groups in total. The Morgan fingerprint density at radius 2 is 2.26 bits per heavy atom. The molecular formula is C13H16N6. The number of imidazole rings is 1. The average molecular weight is 256 g/mol. The van der Waals surface area contributed by atoms with E-state index in [0.717, 1.165) is 31.0 Å². The third-order valence-electron chi connectivity index (χ3n) is 2.98. The maximum Gasteiger partial charge on any atom is 0.157 e. The van der Waals surface area contributed by atoms with E-state index in [1.54, 1.807) is 12.5 Å². The van der Waals surface area contributed by atoms with Gasteiger partial charge in [-0.05, 0) is 31.0 Å². The van der Waals surface area contributed by atoms with Crippen LogP contribution in [0.5, 0.6) is 0 Å². The fourth-order valence-corrected chi connectivity index (χ4v) is 2.08. The summed E-state index contributed by atoms with van der Waals surface area (Å²) in [6, 6.07) is 4.10. The van der Waals surface area contributed by atoms with Crippen molar-refractivity contribution < 1.29 is 0 Å². The van der Waals surface area contributed by atoms with E-state index >= 15 is 0 Å². The molecule has 0 unspecified atom stereocenters. The Labute approximate surface area is 111 Å². The minimum atomic E-state index is 0.872. The summed E-state index contributed by atoms with van der Waals surface area (Å²) < 4.78 is 3.90. The number of pyridine rings is 1. The van der Waals surface area contributed by atoms with Crippen LogP contribution in [-0.4, -0.2) is 30.7 Å². The Morgan fingerprint density at radius 3 is 3.11 bits per heavy atom. The van der Waals surface area contributed by atoms with Gasteiger partial charge >= 0.3 is 0 Å². The molecule has 0 saturated carbocycles. The van der Waals surface area contributed by atoms with E-state index < -0.39 is 0 Å². The van der Waals surface area contributed by atoms with Crippen molar-refractivity contribution in [3.8, 4) is 0 Å². The summed E-state index contributed by atoms with van der Waals surface area (Å²) in [6.45, 7) is 3.90. The molecule has 0 fully saturated rings. The number of fused-ring (bicyclic) bond motifs is 1. The van der Waals surface area contributed by atoms with E-state index in [2.05, 4.69) is 37.9 Å². The van der Waals surface area contributed by atoms with Gasteiger partial charge in [-0.25, -0.2) is 9.97 Å². The molecule has 3 aromatic rings. The lowest BCUT2D eigenvalue weighted by Gasteiger charge is -2.09. The third kappa shape index (κ3) is 2.57. The zero-order valence-electron chi connectivity index (χ0n) is 10.8. The van der Waals surface area contributed by atoms with Gasteiger partial charge in [-0.3, -0.25) is 0 Å². The molecule has 0 aliphatic carbocycles. The number of hydrogen-bond donors (Lipinski definition) is 1. The van der Waals surface area contributed by atoms with Gasteiger partial charge in [0.15, 0.2) is 5.65 Å². The minimum absolute atomic E-state index is 0.872. The number of anilines is 1. The lowest BCUT2D eigenvalue weighted by Crippen LogP contribution is -2.09. The van der Waals surface area contributed by atoms with Crippen LogP contribution in [0.2, 0.25) is 0 Å². The highest BCUT2D eigenvalue weighted by molar-refractivity contribution is 5.51. The second-order valence-corrected chi connectivity index (χ2v) is 4.53. The number of aryl methyl sites for hydroxylation is 2. The van der Waals surface area contributed by atoms with E-state index in [1.807, 2.05) is 23.1 Å². The van der Waals surface area contributed by atoms with Crippen LogP contribution in [0.3, 0.4) is 0 Å². The smallest absolute Gasteiger partial charge is 0.157 e. The van der Waals surface area contributed by atoms with Crippen molar-refractivity contribution in [3.05, 3.63) is 42.7 Å². The molecule has 6 nitrogen and oxygen atoms in total. The van der Waals surface area contributed by atoms with E-state index in [1.165, 1.54) is 5.56 Å². The van der Waals surface area contributed by atoms with Crippen LogP contribution in [0, 0.1) is 6.92 Å². The predicted octanol–water partition coefficient (Wildman–Crippen LogP) is 1.74. The summed E-state index contributed by atoms with van der Waals surface area (Å²) in [5, 5.41) is 7.62. The van der Waals surface area contributed by atoms with E-state index in [9.17, 15) is 0 Å². The second-order valence-electron chi connectivity index (χ2n) is 4.53. The van der Waals surface area contributed by atoms with Crippen molar-refractivity contribution in [1.29, 1.82) is 0 Å². The molecule has 0 amide bonds. The van der Waals surface area contributed by atoms with Gasteiger partial charge in [0, 0.05) is 25.5 Å². The maximum atomic E-state index is 4.22. The van der Waals surface area contributed by atoms with Crippen molar-refractivity contribution in [2.45, 2.75) is 19.9 Å². The number of rotatable bonds is 5. The molecule has 3 aromatic heterocycles. The van der Waals surface area contributed by atoms with Crippen molar-refractivity contribution in [2.24, 2.45) is 0 Å². The van der Waals surface area contributed by atoms with E-state index in [-0.39, 0.29) is 0 Å². The molecule has 0 aliphatic heterocycles. The SMILES string of the molecule is Cc1cc(NCCCn2ccnc2)n2ncnc2c1. The average Bonchev–Trinajstić information content (AvgIpc) is 3.04. The van der Waals surface area contributed by atoms with E-state index in [4.69, 9.17) is 0 Å². The first kappa shape index (κ1) is 11.7. The van der Waals surface area contributed by atoms with Crippen LogP contribution in [0.15, 0.2) is 37.2 Å². The molecule has 0 radical (unpaired) electrons. The molecule has 3 rings (SSSR count). The van der Waals surface area contributed by atoms with Gasteiger partial charge in [-0.1, -0.05) is 0 Å². The quantitative estimate of drug-likeness (QED) is 0.706. The monoisotopic (exact) mass is 256 g/mol. The Morgan fingerprint density at radius 1 is 1.32 bits per heavy atom. The lowest BCUT2D eigenvalue weighted by molar-refractivity contribution is 0.659. The predicted molar refractivity (Wildman–Crippen MR) is 73.1 cm³/mol. The second kappa shape index (κ2) is 5.09. The van der Waals surface area contributed by atoms with Gasteiger partial charge in [0.2, 0.25) is 0 Å². The molecule has 0 spiro atoms. The van der Waals surface area contributed by atoms with Crippen LogP contribution < -0.4 is 5.32 Å². The molecule has 19 heavy (non-hydrogen) atoms. The van der Waals surface area contributed by atoms with Gasteiger partial charge in [-0.15, -0.1) is 0 Å². The van der Waals surface area contributed by atoms with Gasteiger partial charge in [0.05, 0.1) is 6.33 Å². The highest BCUT2D eigenvalue weighted by atomic mass is 15.3. The Balaban J connectivity index is 1.63. The first-order valence-electron chi connectivity index (χ1n) is 6.33. The van der Waals surface area contributed by atoms with Crippen LogP contribution >= 0.6 is 0 Å². The van der Waals surface area contributed by atoms with Crippen LogP contribution in [-0.2, 0) is 6.54 Å². The van der Waals surface area contributed by atoms with Crippen molar-refractivity contribution >= 4 is 11.5 Å². The summed E-state index contributed by atoms with van der Waals surface area (Å²) in [6.07, 6.45) is 8.21. The zero-order chi connectivity index (χ0) is 13.1. The number of aromatic nitrogens is 5. The fraction of sp³-hybridized carbons (Fsp3) is 0.308. The summed E-state index contributed by atoms with van der Waals surface area (Å²) >= 11 is 0. The fourth-order valence-electron chi connectivity index (χ4n) is 2.08. The van der Waals surface area contributed by atoms with Crippen molar-refractivity contribution in [3.63, 3.8) is 0 Å². The largest absolute Gasteiger partial charge is 0.370 e. The molecular weight excluding hydrogens is 240 g/mol. The topological polar surface area (TPSA) is 60.0 Å². The Hall–Kier alpha value is -2.37. The van der Waals surface area contributed by atoms with Gasteiger partial charge in [-0.2, -0.15) is 9.61 Å². The highest BCUT2D eigenvalue weighted by Crippen LogP contribution is 2.13. The summed E-state index contributed by atoms with van der Waals surface area (Å²) in [4.78, 5) is 8.23. The van der Waals surface area contributed by atoms with Gasteiger partial charge < -0.3 is 9.88 Å². The van der Waals surface area contributed by atoms with Gasteiger partial charge in [0.25, 0.3) is 0 Å². The van der Waals surface area contributed by atoms with Crippen molar-refractivity contribution in [1.82, 2.24) is 24.1 Å². The van der Waals surface area contributed by atoms with Gasteiger partial charge in [0.1, 0.15) is 12.1 Å². The molecule has 6 heteroatoms. The molecule has 0 atom stereocenters. The highest BCUT2D eigenvalue weighted by Gasteiger charge is 2.03. The van der Waals surface area contributed by atoms with Crippen LogP contribution in [0.4, 0.5) is 5.82 Å². The molecule has 0 aromatic carbocycles. The number of nitrogens with zero attached hydrogens (tertiary/aromatic N) is 5.